The molecule has 162 valence electrons. The third-order valence-electron chi connectivity index (χ3n) is 4.88. The summed E-state index contributed by atoms with van der Waals surface area (Å²) in [5.74, 6) is 1.59. The standard InChI is InChI=1S/C25H20O7/c1-28-17-6-4-5-15(11-17)25(27)31-19-7-9-20-22(14-19)32-23(24(20)26)13-16-12-18(29-2)8-10-21(16)30-3/h4-14H,1-3H3/b23-13-. The molecule has 3 aromatic carbocycles. The van der Waals surface area contributed by atoms with Gasteiger partial charge >= 0.3 is 5.97 Å². The van der Waals surface area contributed by atoms with Crippen LogP contribution >= 0.6 is 0 Å². The molecule has 0 fully saturated rings. The lowest BCUT2D eigenvalue weighted by Crippen LogP contribution is -2.08. The first-order valence-electron chi connectivity index (χ1n) is 9.69. The van der Waals surface area contributed by atoms with E-state index in [2.05, 4.69) is 0 Å². The van der Waals surface area contributed by atoms with Crippen molar-refractivity contribution in [3.05, 3.63) is 83.1 Å². The van der Waals surface area contributed by atoms with Crippen molar-refractivity contribution in [1.82, 2.24) is 0 Å². The summed E-state index contributed by atoms with van der Waals surface area (Å²) in [7, 11) is 4.62. The summed E-state index contributed by atoms with van der Waals surface area (Å²) < 4.78 is 26.9. The molecule has 1 heterocycles. The van der Waals surface area contributed by atoms with Gasteiger partial charge in [0.05, 0.1) is 32.5 Å². The van der Waals surface area contributed by atoms with Gasteiger partial charge in [0.1, 0.15) is 28.7 Å². The maximum Gasteiger partial charge on any atom is 0.343 e. The molecule has 0 atom stereocenters. The van der Waals surface area contributed by atoms with Crippen molar-refractivity contribution in [1.29, 1.82) is 0 Å². The second kappa shape index (κ2) is 8.85. The van der Waals surface area contributed by atoms with Gasteiger partial charge < -0.3 is 23.7 Å². The predicted octanol–water partition coefficient (Wildman–Crippen LogP) is 4.55. The van der Waals surface area contributed by atoms with Crippen LogP contribution in [-0.2, 0) is 0 Å². The topological polar surface area (TPSA) is 80.3 Å². The molecule has 7 nitrogen and oxygen atoms in total. The fourth-order valence-electron chi connectivity index (χ4n) is 3.24. The summed E-state index contributed by atoms with van der Waals surface area (Å²) in [6, 6.07) is 16.5. The van der Waals surface area contributed by atoms with Gasteiger partial charge in [0.2, 0.25) is 5.78 Å². The molecular formula is C25H20O7. The Balaban J connectivity index is 1.57. The maximum atomic E-state index is 12.8. The number of rotatable bonds is 6. The van der Waals surface area contributed by atoms with E-state index >= 15 is 0 Å². The molecule has 0 saturated carbocycles. The zero-order chi connectivity index (χ0) is 22.7. The van der Waals surface area contributed by atoms with Crippen LogP contribution in [0.1, 0.15) is 26.3 Å². The van der Waals surface area contributed by atoms with Crippen LogP contribution in [0.25, 0.3) is 6.08 Å². The Morgan fingerprint density at radius 2 is 1.59 bits per heavy atom. The lowest BCUT2D eigenvalue weighted by atomic mass is 10.1. The van der Waals surface area contributed by atoms with Crippen LogP contribution in [0, 0.1) is 0 Å². The first kappa shape index (κ1) is 21.0. The summed E-state index contributed by atoms with van der Waals surface area (Å²) in [5, 5.41) is 0. The molecule has 0 saturated heterocycles. The number of ketones is 1. The van der Waals surface area contributed by atoms with E-state index in [4.69, 9.17) is 23.7 Å². The van der Waals surface area contributed by atoms with Gasteiger partial charge in [-0.15, -0.1) is 0 Å². The van der Waals surface area contributed by atoms with Gasteiger partial charge in [0, 0.05) is 11.6 Å². The smallest absolute Gasteiger partial charge is 0.343 e. The Morgan fingerprint density at radius 3 is 2.34 bits per heavy atom. The molecule has 1 aliphatic heterocycles. The number of Topliss-reactive ketones (excluding diaryl/α,β-unsaturated/α-hetero) is 1. The average Bonchev–Trinajstić information content (AvgIpc) is 3.13. The average molecular weight is 432 g/mol. The fourth-order valence-corrected chi connectivity index (χ4v) is 3.24. The number of fused-ring (bicyclic) bond motifs is 1. The normalized spacial score (nSPS) is 13.3. The van der Waals surface area contributed by atoms with Crippen molar-refractivity contribution < 1.29 is 33.3 Å². The van der Waals surface area contributed by atoms with Crippen molar-refractivity contribution in [3.63, 3.8) is 0 Å². The number of hydrogen-bond donors (Lipinski definition) is 0. The molecule has 0 amide bonds. The Bertz CT molecular complexity index is 1230. The Hall–Kier alpha value is -4.26. The molecule has 32 heavy (non-hydrogen) atoms. The molecule has 0 aliphatic carbocycles. The zero-order valence-electron chi connectivity index (χ0n) is 17.7. The molecule has 0 spiro atoms. The maximum absolute atomic E-state index is 12.8. The van der Waals surface area contributed by atoms with Crippen molar-refractivity contribution in [3.8, 4) is 28.7 Å². The Labute approximate surface area is 184 Å². The number of carbonyl (C=O) groups is 2. The number of methoxy groups -OCH3 is 3. The van der Waals surface area contributed by atoms with Gasteiger partial charge in [0.25, 0.3) is 0 Å². The molecule has 0 radical (unpaired) electrons. The number of allylic oxidation sites excluding steroid dienone is 1. The highest BCUT2D eigenvalue weighted by Gasteiger charge is 2.28. The quantitative estimate of drug-likeness (QED) is 0.321. The van der Waals surface area contributed by atoms with Gasteiger partial charge in [-0.2, -0.15) is 0 Å². The zero-order valence-corrected chi connectivity index (χ0v) is 17.7. The molecule has 4 rings (SSSR count). The summed E-state index contributed by atoms with van der Waals surface area (Å²) >= 11 is 0. The molecule has 0 unspecified atom stereocenters. The summed E-state index contributed by atoms with van der Waals surface area (Å²) in [5.41, 5.74) is 1.35. The van der Waals surface area contributed by atoms with E-state index < -0.39 is 5.97 Å². The largest absolute Gasteiger partial charge is 0.497 e. The molecule has 1 aliphatic rings. The van der Waals surface area contributed by atoms with Crippen LogP contribution in [0.15, 0.2) is 66.4 Å². The van der Waals surface area contributed by atoms with Gasteiger partial charge in [-0.3, -0.25) is 4.79 Å². The monoisotopic (exact) mass is 432 g/mol. The van der Waals surface area contributed by atoms with E-state index in [1.54, 1.807) is 74.9 Å². The van der Waals surface area contributed by atoms with E-state index in [0.29, 0.717) is 39.7 Å². The van der Waals surface area contributed by atoms with Crippen molar-refractivity contribution in [2.75, 3.05) is 21.3 Å². The van der Waals surface area contributed by atoms with Gasteiger partial charge in [0.15, 0.2) is 5.76 Å². The van der Waals surface area contributed by atoms with Crippen molar-refractivity contribution in [2.45, 2.75) is 0 Å². The van der Waals surface area contributed by atoms with Crippen LogP contribution in [0.3, 0.4) is 0 Å². The number of carbonyl (C=O) groups excluding carboxylic acids is 2. The summed E-state index contributed by atoms with van der Waals surface area (Å²) in [6.07, 6.45) is 1.59. The van der Waals surface area contributed by atoms with E-state index in [1.165, 1.54) is 13.2 Å². The van der Waals surface area contributed by atoms with E-state index in [9.17, 15) is 9.59 Å². The Morgan fingerprint density at radius 1 is 0.844 bits per heavy atom. The molecule has 0 bridgehead atoms. The molecule has 0 aromatic heterocycles. The highest BCUT2D eigenvalue weighted by atomic mass is 16.5. The van der Waals surface area contributed by atoms with Gasteiger partial charge in [-0.1, -0.05) is 6.07 Å². The van der Waals surface area contributed by atoms with Crippen LogP contribution < -0.4 is 23.7 Å². The number of ether oxygens (including phenoxy) is 5. The molecule has 7 heteroatoms. The van der Waals surface area contributed by atoms with Crippen molar-refractivity contribution in [2.24, 2.45) is 0 Å². The third-order valence-corrected chi connectivity index (χ3v) is 4.88. The third kappa shape index (κ3) is 4.13. The second-order valence-corrected chi connectivity index (χ2v) is 6.83. The van der Waals surface area contributed by atoms with Crippen LogP contribution in [0.2, 0.25) is 0 Å². The van der Waals surface area contributed by atoms with Gasteiger partial charge in [-0.05, 0) is 54.6 Å². The minimum absolute atomic E-state index is 0.128. The van der Waals surface area contributed by atoms with Crippen LogP contribution in [0.4, 0.5) is 0 Å². The highest BCUT2D eigenvalue weighted by Crippen LogP contribution is 2.36. The second-order valence-electron chi connectivity index (χ2n) is 6.83. The number of benzene rings is 3. The predicted molar refractivity (Wildman–Crippen MR) is 117 cm³/mol. The summed E-state index contributed by atoms with van der Waals surface area (Å²) in [4.78, 5) is 25.3. The minimum atomic E-state index is -0.551. The fraction of sp³-hybridized carbons (Fsp3) is 0.120. The summed E-state index contributed by atoms with van der Waals surface area (Å²) in [6.45, 7) is 0. The first-order chi connectivity index (χ1) is 15.5. The number of hydrogen-bond acceptors (Lipinski definition) is 7. The van der Waals surface area contributed by atoms with Crippen LogP contribution in [0.5, 0.6) is 28.7 Å². The van der Waals surface area contributed by atoms with E-state index in [1.807, 2.05) is 0 Å². The van der Waals surface area contributed by atoms with Gasteiger partial charge in [-0.25, -0.2) is 4.79 Å². The van der Waals surface area contributed by atoms with E-state index in [-0.39, 0.29) is 17.3 Å². The Kier molecular flexibility index (Phi) is 5.81. The van der Waals surface area contributed by atoms with Crippen LogP contribution in [-0.4, -0.2) is 33.1 Å². The lowest BCUT2D eigenvalue weighted by Gasteiger charge is -2.08. The first-order valence-corrected chi connectivity index (χ1v) is 9.69. The van der Waals surface area contributed by atoms with E-state index in [0.717, 1.165) is 0 Å². The highest BCUT2D eigenvalue weighted by molar-refractivity contribution is 6.14. The van der Waals surface area contributed by atoms with Crippen molar-refractivity contribution >= 4 is 17.8 Å². The lowest BCUT2D eigenvalue weighted by molar-refractivity contribution is 0.0734. The SMILES string of the molecule is COc1cccc(C(=O)Oc2ccc3c(c2)O/C(=C\c2cc(OC)ccc2OC)C3=O)c1. The minimum Gasteiger partial charge on any atom is -0.497 e. The molecule has 3 aromatic rings. The molecule has 0 N–H and O–H groups in total. The number of esters is 1. The molecular weight excluding hydrogens is 412 g/mol.